The number of hydrogen-bond donors (Lipinski definition) is 2. The summed E-state index contributed by atoms with van der Waals surface area (Å²) in [7, 11) is 0. The van der Waals surface area contributed by atoms with Gasteiger partial charge < -0.3 is 10.6 Å². The monoisotopic (exact) mass is 241 g/mol. The van der Waals surface area contributed by atoms with E-state index in [4.69, 9.17) is 0 Å². The van der Waals surface area contributed by atoms with Gasteiger partial charge in [0, 0.05) is 17.6 Å². The maximum atomic E-state index is 11.4. The first kappa shape index (κ1) is 13.0. The number of carbonyl (C=O) groups excluding carboxylic acids is 1. The van der Waals surface area contributed by atoms with Crippen molar-refractivity contribution in [2.75, 3.05) is 6.54 Å². The number of aryl methyl sites for hydroxylation is 1. The fourth-order valence-corrected chi connectivity index (χ4v) is 1.77. The molecule has 0 saturated carbocycles. The molecule has 0 aliphatic rings. The van der Waals surface area contributed by atoms with Crippen LogP contribution in [0.3, 0.4) is 0 Å². The van der Waals surface area contributed by atoms with Gasteiger partial charge in [0.1, 0.15) is 5.01 Å². The number of nitrogens with zero attached hydrogens (tertiary/aromatic N) is 1. The third-order valence-corrected chi connectivity index (χ3v) is 2.76. The first-order chi connectivity index (χ1) is 7.37. The highest BCUT2D eigenvalue weighted by Gasteiger charge is 2.11. The Kier molecular flexibility index (Phi) is 4.29. The standard InChI is InChI=1S/C11H19N3OS/c1-8-5-12-9(16-8)6-13-10(15)14-7-11(2,3)4/h5H,6-7H2,1-4H3,(H2,13,14,15). The van der Waals surface area contributed by atoms with E-state index in [1.807, 2.05) is 13.1 Å². The van der Waals surface area contributed by atoms with Gasteiger partial charge in [-0.25, -0.2) is 9.78 Å². The van der Waals surface area contributed by atoms with Gasteiger partial charge in [-0.2, -0.15) is 0 Å². The van der Waals surface area contributed by atoms with Crippen molar-refractivity contribution in [2.45, 2.75) is 34.2 Å². The summed E-state index contributed by atoms with van der Waals surface area (Å²) in [6.45, 7) is 9.40. The Hall–Kier alpha value is -1.10. The van der Waals surface area contributed by atoms with E-state index in [0.29, 0.717) is 13.1 Å². The molecule has 2 amide bonds. The number of carbonyl (C=O) groups is 1. The maximum absolute atomic E-state index is 11.4. The smallest absolute Gasteiger partial charge is 0.315 e. The summed E-state index contributed by atoms with van der Waals surface area (Å²) in [6, 6.07) is -0.136. The lowest BCUT2D eigenvalue weighted by atomic mass is 9.97. The zero-order valence-electron chi connectivity index (χ0n) is 10.3. The van der Waals surface area contributed by atoms with E-state index in [1.54, 1.807) is 11.3 Å². The third-order valence-electron chi connectivity index (χ3n) is 1.85. The largest absolute Gasteiger partial charge is 0.338 e. The average molecular weight is 241 g/mol. The topological polar surface area (TPSA) is 54.0 Å². The van der Waals surface area contributed by atoms with Gasteiger partial charge in [0.15, 0.2) is 0 Å². The predicted molar refractivity (Wildman–Crippen MR) is 66.5 cm³/mol. The Morgan fingerprint density at radius 3 is 2.62 bits per heavy atom. The van der Waals surface area contributed by atoms with Crippen molar-refractivity contribution in [3.8, 4) is 0 Å². The minimum Gasteiger partial charge on any atom is -0.338 e. The van der Waals surface area contributed by atoms with Crippen molar-refractivity contribution in [1.29, 1.82) is 0 Å². The summed E-state index contributed by atoms with van der Waals surface area (Å²) in [6.07, 6.45) is 1.81. The summed E-state index contributed by atoms with van der Waals surface area (Å²) >= 11 is 1.60. The Labute approximate surface area is 100 Å². The molecule has 2 N–H and O–H groups in total. The first-order valence-corrected chi connectivity index (χ1v) is 6.11. The van der Waals surface area contributed by atoms with Crippen LogP contribution in [0, 0.1) is 12.3 Å². The van der Waals surface area contributed by atoms with E-state index in [-0.39, 0.29) is 11.4 Å². The highest BCUT2D eigenvalue weighted by Crippen LogP contribution is 2.11. The average Bonchev–Trinajstić information content (AvgIpc) is 2.57. The Morgan fingerprint density at radius 1 is 1.44 bits per heavy atom. The molecule has 0 aliphatic heterocycles. The molecule has 0 radical (unpaired) electrons. The van der Waals surface area contributed by atoms with E-state index < -0.39 is 0 Å². The molecule has 1 aromatic heterocycles. The molecule has 1 aromatic rings. The van der Waals surface area contributed by atoms with Crippen LogP contribution in [0.1, 0.15) is 30.7 Å². The Balaban J connectivity index is 2.25. The van der Waals surface area contributed by atoms with Crippen LogP contribution in [0.5, 0.6) is 0 Å². The molecule has 0 aromatic carbocycles. The molecular weight excluding hydrogens is 222 g/mol. The molecule has 0 atom stereocenters. The second kappa shape index (κ2) is 5.30. The lowest BCUT2D eigenvalue weighted by Crippen LogP contribution is -2.39. The molecule has 1 rings (SSSR count). The lowest BCUT2D eigenvalue weighted by molar-refractivity contribution is 0.235. The number of thiazole rings is 1. The summed E-state index contributed by atoms with van der Waals surface area (Å²) in [5.41, 5.74) is 0.106. The minimum absolute atomic E-state index is 0.106. The van der Waals surface area contributed by atoms with Crippen molar-refractivity contribution in [3.05, 3.63) is 16.1 Å². The fourth-order valence-electron chi connectivity index (χ4n) is 1.05. The normalized spacial score (nSPS) is 11.2. The van der Waals surface area contributed by atoms with Crippen LogP contribution in [0.15, 0.2) is 6.20 Å². The third kappa shape index (κ3) is 5.11. The molecule has 4 nitrogen and oxygen atoms in total. The number of rotatable bonds is 3. The van der Waals surface area contributed by atoms with E-state index in [0.717, 1.165) is 9.88 Å². The predicted octanol–water partition coefficient (Wildman–Crippen LogP) is 2.30. The van der Waals surface area contributed by atoms with Gasteiger partial charge in [0.2, 0.25) is 0 Å². The van der Waals surface area contributed by atoms with Crippen LogP contribution in [-0.4, -0.2) is 17.6 Å². The summed E-state index contributed by atoms with van der Waals surface area (Å²) < 4.78 is 0. The molecule has 0 fully saturated rings. The van der Waals surface area contributed by atoms with Crippen LogP contribution in [0.4, 0.5) is 4.79 Å². The summed E-state index contributed by atoms with van der Waals surface area (Å²) in [5, 5.41) is 6.54. The van der Waals surface area contributed by atoms with E-state index in [2.05, 4.69) is 36.4 Å². The second-order valence-corrected chi connectivity index (χ2v) is 6.28. The molecular formula is C11H19N3OS. The molecule has 0 bridgehead atoms. The van der Waals surface area contributed by atoms with Crippen LogP contribution in [0.25, 0.3) is 0 Å². The molecule has 0 unspecified atom stereocenters. The number of hydrogen-bond acceptors (Lipinski definition) is 3. The van der Waals surface area contributed by atoms with Crippen molar-refractivity contribution >= 4 is 17.4 Å². The molecule has 5 heteroatoms. The lowest BCUT2D eigenvalue weighted by Gasteiger charge is -2.18. The minimum atomic E-state index is -0.136. The number of amides is 2. The van der Waals surface area contributed by atoms with Crippen molar-refractivity contribution in [2.24, 2.45) is 5.41 Å². The number of nitrogens with one attached hydrogen (secondary N) is 2. The zero-order valence-corrected chi connectivity index (χ0v) is 11.1. The molecule has 1 heterocycles. The maximum Gasteiger partial charge on any atom is 0.315 e. The van der Waals surface area contributed by atoms with Crippen molar-refractivity contribution < 1.29 is 4.79 Å². The molecule has 16 heavy (non-hydrogen) atoms. The van der Waals surface area contributed by atoms with Crippen LogP contribution in [0.2, 0.25) is 0 Å². The Morgan fingerprint density at radius 2 is 2.12 bits per heavy atom. The van der Waals surface area contributed by atoms with Gasteiger partial charge in [-0.15, -0.1) is 11.3 Å². The SMILES string of the molecule is Cc1cnc(CNC(=O)NCC(C)(C)C)s1. The van der Waals surface area contributed by atoms with Gasteiger partial charge >= 0.3 is 6.03 Å². The van der Waals surface area contributed by atoms with Gasteiger partial charge in [-0.1, -0.05) is 20.8 Å². The van der Waals surface area contributed by atoms with Crippen LogP contribution < -0.4 is 10.6 Å². The van der Waals surface area contributed by atoms with Gasteiger partial charge in [0.05, 0.1) is 6.54 Å². The van der Waals surface area contributed by atoms with Crippen molar-refractivity contribution in [3.63, 3.8) is 0 Å². The summed E-state index contributed by atoms with van der Waals surface area (Å²) in [4.78, 5) is 16.8. The fraction of sp³-hybridized carbons (Fsp3) is 0.636. The molecule has 90 valence electrons. The quantitative estimate of drug-likeness (QED) is 0.853. The highest BCUT2D eigenvalue weighted by molar-refractivity contribution is 7.11. The first-order valence-electron chi connectivity index (χ1n) is 5.30. The van der Waals surface area contributed by atoms with Gasteiger partial charge in [-0.3, -0.25) is 0 Å². The summed E-state index contributed by atoms with van der Waals surface area (Å²) in [5.74, 6) is 0. The number of urea groups is 1. The Bertz CT molecular complexity index is 354. The highest BCUT2D eigenvalue weighted by atomic mass is 32.1. The molecule has 0 spiro atoms. The molecule has 0 aliphatic carbocycles. The second-order valence-electron chi connectivity index (χ2n) is 4.96. The van der Waals surface area contributed by atoms with Gasteiger partial charge in [0.25, 0.3) is 0 Å². The van der Waals surface area contributed by atoms with Crippen LogP contribution >= 0.6 is 11.3 Å². The van der Waals surface area contributed by atoms with E-state index in [1.165, 1.54) is 0 Å². The zero-order chi connectivity index (χ0) is 12.2. The van der Waals surface area contributed by atoms with Crippen molar-refractivity contribution in [1.82, 2.24) is 15.6 Å². The van der Waals surface area contributed by atoms with E-state index in [9.17, 15) is 4.79 Å². The van der Waals surface area contributed by atoms with Gasteiger partial charge in [-0.05, 0) is 12.3 Å². The molecule has 0 saturated heterocycles. The van der Waals surface area contributed by atoms with E-state index >= 15 is 0 Å². The number of aromatic nitrogens is 1. The van der Waals surface area contributed by atoms with Crippen LogP contribution in [-0.2, 0) is 6.54 Å².